The van der Waals surface area contributed by atoms with E-state index < -0.39 is 13.9 Å². The lowest BCUT2D eigenvalue weighted by Gasteiger charge is -2.36. The maximum Gasteiger partial charge on any atom is 0.410 e. The summed E-state index contributed by atoms with van der Waals surface area (Å²) in [5.41, 5.74) is 5.48. The van der Waals surface area contributed by atoms with Crippen LogP contribution in [-0.4, -0.2) is 50.6 Å². The van der Waals surface area contributed by atoms with Crippen molar-refractivity contribution in [2.24, 2.45) is 11.7 Å². The van der Waals surface area contributed by atoms with Crippen LogP contribution in [0.25, 0.3) is 0 Å². The molecule has 6 heteroatoms. The van der Waals surface area contributed by atoms with Crippen LogP contribution in [0, 0.1) is 5.92 Å². The average molecular weight is 375 g/mol. The van der Waals surface area contributed by atoms with Crippen molar-refractivity contribution in [2.45, 2.75) is 91.6 Å². The Morgan fingerprint density at radius 3 is 2.04 bits per heavy atom. The van der Waals surface area contributed by atoms with E-state index in [2.05, 4.69) is 40.8 Å². The predicted octanol–water partition coefficient (Wildman–Crippen LogP) is 4.62. The van der Waals surface area contributed by atoms with Gasteiger partial charge < -0.3 is 19.8 Å². The van der Waals surface area contributed by atoms with Gasteiger partial charge in [0.05, 0.1) is 0 Å². The largest absolute Gasteiger partial charge is 0.444 e. The van der Waals surface area contributed by atoms with Gasteiger partial charge in [0.15, 0.2) is 8.32 Å². The lowest BCUT2D eigenvalue weighted by Crippen LogP contribution is -2.44. The Morgan fingerprint density at radius 1 is 1.12 bits per heavy atom. The molecule has 0 aliphatic carbocycles. The molecule has 0 bridgehead atoms. The summed E-state index contributed by atoms with van der Waals surface area (Å²) >= 11 is 0. The number of nitrogens with zero attached hydrogens (tertiary/aromatic N) is 1. The second kappa shape index (κ2) is 9.37. The van der Waals surface area contributed by atoms with Gasteiger partial charge in [0.1, 0.15) is 5.60 Å². The number of hydrogen-bond acceptors (Lipinski definition) is 4. The number of rotatable bonds is 8. The molecule has 150 valence electrons. The second-order valence-electron chi connectivity index (χ2n) is 9.73. The molecule has 0 radical (unpaired) electrons. The van der Waals surface area contributed by atoms with E-state index in [0.717, 1.165) is 6.42 Å². The zero-order valence-electron chi connectivity index (χ0n) is 18.2. The number of ether oxygens (including phenoxy) is 1. The van der Waals surface area contributed by atoms with Crippen molar-refractivity contribution in [1.82, 2.24) is 4.90 Å². The topological polar surface area (TPSA) is 64.8 Å². The molecule has 1 amide bonds. The maximum absolute atomic E-state index is 12.5. The van der Waals surface area contributed by atoms with E-state index in [0.29, 0.717) is 19.7 Å². The van der Waals surface area contributed by atoms with E-state index in [4.69, 9.17) is 14.9 Å². The minimum absolute atomic E-state index is 0.0356. The Kier molecular flexibility index (Phi) is 9.15. The van der Waals surface area contributed by atoms with E-state index in [1.165, 1.54) is 0 Å². The molecule has 25 heavy (non-hydrogen) atoms. The van der Waals surface area contributed by atoms with Crippen LogP contribution in [0.4, 0.5) is 4.79 Å². The number of nitrogens with two attached hydrogens (primary N) is 1. The molecular formula is C19H42N2O3Si. The van der Waals surface area contributed by atoms with Crippen LogP contribution in [0.2, 0.25) is 18.1 Å². The Morgan fingerprint density at radius 2 is 1.64 bits per heavy atom. The van der Waals surface area contributed by atoms with Gasteiger partial charge in [-0.2, -0.15) is 0 Å². The Balaban J connectivity index is 4.71. The molecule has 2 N–H and O–H groups in total. The van der Waals surface area contributed by atoms with Crippen molar-refractivity contribution in [3.63, 3.8) is 0 Å². The SMILES string of the molecule is CC(CN(CCCO[Si](C)(C)C(C)(C)C)C(=O)OC(C)(C)C)[C@@H](C)N. The molecular weight excluding hydrogens is 332 g/mol. The van der Waals surface area contributed by atoms with Crippen molar-refractivity contribution in [2.75, 3.05) is 19.7 Å². The molecule has 0 saturated heterocycles. The summed E-state index contributed by atoms with van der Waals surface area (Å²) in [4.78, 5) is 14.3. The van der Waals surface area contributed by atoms with Gasteiger partial charge >= 0.3 is 6.09 Å². The van der Waals surface area contributed by atoms with Crippen LogP contribution in [-0.2, 0) is 9.16 Å². The minimum atomic E-state index is -1.75. The lowest BCUT2D eigenvalue weighted by atomic mass is 10.0. The highest BCUT2D eigenvalue weighted by atomic mass is 28.4. The third-order valence-electron chi connectivity index (χ3n) is 4.90. The molecule has 0 saturated carbocycles. The predicted molar refractivity (Wildman–Crippen MR) is 108 cm³/mol. The van der Waals surface area contributed by atoms with E-state index in [9.17, 15) is 4.79 Å². The molecule has 0 aromatic rings. The maximum atomic E-state index is 12.5. The van der Waals surface area contributed by atoms with Gasteiger partial charge in [0.2, 0.25) is 0 Å². The van der Waals surface area contributed by atoms with Crippen molar-refractivity contribution >= 4 is 14.4 Å². The molecule has 0 rings (SSSR count). The van der Waals surface area contributed by atoms with E-state index >= 15 is 0 Å². The minimum Gasteiger partial charge on any atom is -0.444 e. The molecule has 0 aromatic heterocycles. The summed E-state index contributed by atoms with van der Waals surface area (Å²) in [6.45, 7) is 22.8. The Hall–Kier alpha value is -0.593. The van der Waals surface area contributed by atoms with Crippen molar-refractivity contribution in [1.29, 1.82) is 0 Å². The first-order valence-corrected chi connectivity index (χ1v) is 12.3. The lowest BCUT2D eigenvalue weighted by molar-refractivity contribution is 0.0210. The number of amides is 1. The number of hydrogen-bond donors (Lipinski definition) is 1. The normalized spacial score (nSPS) is 15.6. The van der Waals surface area contributed by atoms with Crippen molar-refractivity contribution in [3.05, 3.63) is 0 Å². The van der Waals surface area contributed by atoms with Crippen LogP contribution in [0.5, 0.6) is 0 Å². The summed E-state index contributed by atoms with van der Waals surface area (Å²) in [5, 5.41) is 0.196. The third-order valence-corrected chi connectivity index (χ3v) is 9.44. The van der Waals surface area contributed by atoms with Crippen LogP contribution < -0.4 is 5.73 Å². The molecule has 0 heterocycles. The van der Waals surface area contributed by atoms with Gasteiger partial charge in [-0.1, -0.05) is 27.7 Å². The average Bonchev–Trinajstić information content (AvgIpc) is 2.38. The van der Waals surface area contributed by atoms with Gasteiger partial charge in [-0.15, -0.1) is 0 Å². The first-order chi connectivity index (χ1) is 11.1. The fraction of sp³-hybridized carbons (Fsp3) is 0.947. The fourth-order valence-corrected chi connectivity index (χ4v) is 2.98. The van der Waals surface area contributed by atoms with Gasteiger partial charge in [-0.05, 0) is 58.2 Å². The van der Waals surface area contributed by atoms with Crippen LogP contribution >= 0.6 is 0 Å². The molecule has 5 nitrogen and oxygen atoms in total. The molecule has 0 aliphatic rings. The number of carbonyl (C=O) groups is 1. The summed E-state index contributed by atoms with van der Waals surface area (Å²) < 4.78 is 11.8. The van der Waals surface area contributed by atoms with Gasteiger partial charge in [-0.3, -0.25) is 0 Å². The van der Waals surface area contributed by atoms with Crippen LogP contribution in [0.15, 0.2) is 0 Å². The molecule has 0 fully saturated rings. The smallest absolute Gasteiger partial charge is 0.410 e. The molecule has 1 unspecified atom stereocenters. The van der Waals surface area contributed by atoms with E-state index in [1.54, 1.807) is 4.90 Å². The van der Waals surface area contributed by atoms with Crippen molar-refractivity contribution in [3.8, 4) is 0 Å². The standard InChI is InChI=1S/C19H42N2O3Si/c1-15(16(2)20)14-21(17(22)24-18(3,4)5)12-11-13-23-25(9,10)19(6,7)8/h15-16H,11-14,20H2,1-10H3/t15?,16-/m1/s1. The first-order valence-electron chi connectivity index (χ1n) is 9.44. The van der Waals surface area contributed by atoms with Gasteiger partial charge in [-0.25, -0.2) is 4.79 Å². The van der Waals surface area contributed by atoms with Gasteiger partial charge in [0.25, 0.3) is 0 Å². The van der Waals surface area contributed by atoms with Crippen LogP contribution in [0.1, 0.15) is 61.8 Å². The molecule has 2 atom stereocenters. The molecule has 0 aromatic carbocycles. The Bertz CT molecular complexity index is 412. The third kappa shape index (κ3) is 9.61. The second-order valence-corrected chi connectivity index (χ2v) is 14.5. The quantitative estimate of drug-likeness (QED) is 0.497. The highest BCUT2D eigenvalue weighted by Gasteiger charge is 2.37. The number of carbonyl (C=O) groups excluding carboxylic acids is 1. The summed E-state index contributed by atoms with van der Waals surface area (Å²) in [7, 11) is -1.75. The van der Waals surface area contributed by atoms with Crippen molar-refractivity contribution < 1.29 is 14.0 Å². The Labute approximate surface area is 156 Å². The highest BCUT2D eigenvalue weighted by molar-refractivity contribution is 6.74. The summed E-state index contributed by atoms with van der Waals surface area (Å²) in [5.74, 6) is 0.217. The fourth-order valence-electron chi connectivity index (χ4n) is 1.90. The van der Waals surface area contributed by atoms with Gasteiger partial charge in [0, 0.05) is 25.7 Å². The zero-order valence-corrected chi connectivity index (χ0v) is 19.2. The highest BCUT2D eigenvalue weighted by Crippen LogP contribution is 2.36. The zero-order chi connectivity index (χ0) is 20.1. The summed E-state index contributed by atoms with van der Waals surface area (Å²) in [6.07, 6.45) is 0.532. The van der Waals surface area contributed by atoms with Crippen LogP contribution in [0.3, 0.4) is 0 Å². The molecule has 0 spiro atoms. The van der Waals surface area contributed by atoms with E-state index in [-0.39, 0.29) is 23.1 Å². The summed E-state index contributed by atoms with van der Waals surface area (Å²) in [6, 6.07) is 0.0356. The monoisotopic (exact) mass is 374 g/mol. The molecule has 0 aliphatic heterocycles. The first kappa shape index (κ1) is 24.4. The van der Waals surface area contributed by atoms with E-state index in [1.807, 2.05) is 27.7 Å².